The minimum atomic E-state index is -0.955. The fourth-order valence-electron chi connectivity index (χ4n) is 0.921. The minimum absolute atomic E-state index is 0.131. The molecule has 0 aromatic rings. The van der Waals surface area contributed by atoms with E-state index in [9.17, 15) is 14.4 Å². The summed E-state index contributed by atoms with van der Waals surface area (Å²) < 4.78 is -0.955. The number of halogens is 1. The van der Waals surface area contributed by atoms with Gasteiger partial charge in [-0.3, -0.25) is 4.79 Å². The Kier molecular flexibility index (Phi) is 2.16. The molecule has 1 fully saturated rings. The number of carbonyl (C=O) groups excluding carboxylic acids is 3. The lowest BCUT2D eigenvalue weighted by molar-refractivity contribution is -0.645. The van der Waals surface area contributed by atoms with Crippen molar-refractivity contribution in [1.82, 2.24) is 4.90 Å². The summed E-state index contributed by atoms with van der Waals surface area (Å²) in [5.41, 5.74) is 0. The second-order valence-electron chi connectivity index (χ2n) is 2.63. The van der Waals surface area contributed by atoms with E-state index in [1.807, 2.05) is 0 Å². The summed E-state index contributed by atoms with van der Waals surface area (Å²) in [6.07, 6.45) is 0.273. The molecule has 1 saturated heterocycles. The summed E-state index contributed by atoms with van der Waals surface area (Å²) >= 11 is 5.54. The van der Waals surface area contributed by atoms with Crippen molar-refractivity contribution in [3.8, 4) is 0 Å². The summed E-state index contributed by atoms with van der Waals surface area (Å²) in [6, 6.07) is 0. The Morgan fingerprint density at radius 1 is 1.58 bits per heavy atom. The average Bonchev–Trinajstić information content (AvgIpc) is 2.09. The summed E-state index contributed by atoms with van der Waals surface area (Å²) in [5, 5.41) is 0. The first kappa shape index (κ1) is 9.15. The number of quaternary nitrogens is 1. The third kappa shape index (κ3) is 1.21. The maximum absolute atomic E-state index is 11.1. The van der Waals surface area contributed by atoms with E-state index in [0.29, 0.717) is 6.54 Å². The molecule has 1 aliphatic rings. The van der Waals surface area contributed by atoms with Crippen LogP contribution in [0.3, 0.4) is 0 Å². The van der Waals surface area contributed by atoms with Crippen LogP contribution in [0.1, 0.15) is 0 Å². The number of amides is 3. The third-order valence-corrected chi connectivity index (χ3v) is 2.20. The van der Waals surface area contributed by atoms with Gasteiger partial charge >= 0.3 is 18.2 Å². The average molecular weight is 192 g/mol. The largest absolute Gasteiger partial charge is 0.428 e. The number of carbonyl (C=O) groups is 3. The highest BCUT2D eigenvalue weighted by Gasteiger charge is 2.47. The van der Waals surface area contributed by atoms with Gasteiger partial charge in [0.25, 0.3) is 0 Å². The first-order chi connectivity index (χ1) is 5.51. The zero-order valence-electron chi connectivity index (χ0n) is 6.49. The molecule has 66 valence electrons. The normalized spacial score (nSPS) is 30.7. The van der Waals surface area contributed by atoms with E-state index in [1.54, 1.807) is 0 Å². The van der Waals surface area contributed by atoms with Gasteiger partial charge in [-0.05, 0) is 0 Å². The van der Waals surface area contributed by atoms with Crippen LogP contribution in [0.15, 0.2) is 0 Å². The second kappa shape index (κ2) is 2.84. The van der Waals surface area contributed by atoms with Crippen LogP contribution in [0.2, 0.25) is 0 Å². The Morgan fingerprint density at radius 2 is 2.17 bits per heavy atom. The van der Waals surface area contributed by atoms with Crippen molar-refractivity contribution < 1.29 is 18.4 Å². The molecule has 0 aromatic heterocycles. The second-order valence-corrected chi connectivity index (χ2v) is 3.24. The summed E-state index contributed by atoms with van der Waals surface area (Å²) in [4.78, 5) is 33.8. The zero-order valence-corrected chi connectivity index (χ0v) is 7.24. The van der Waals surface area contributed by atoms with Crippen LogP contribution >= 0.6 is 11.8 Å². The van der Waals surface area contributed by atoms with Gasteiger partial charge in [-0.15, -0.1) is 0 Å². The molecule has 1 unspecified atom stereocenters. The molecular weight excluding hydrogens is 184 g/mol. The number of imide groups is 1. The Hall–Kier alpha value is -0.940. The van der Waals surface area contributed by atoms with Crippen molar-refractivity contribution in [2.24, 2.45) is 0 Å². The maximum Gasteiger partial charge on any atom is 0.428 e. The van der Waals surface area contributed by atoms with E-state index in [4.69, 9.17) is 11.8 Å². The van der Waals surface area contributed by atoms with Gasteiger partial charge in [0.15, 0.2) is 11.8 Å². The van der Waals surface area contributed by atoms with Gasteiger partial charge in [0, 0.05) is 7.05 Å². The lowest BCUT2D eigenvalue weighted by Gasteiger charge is -2.28. The first-order valence-corrected chi connectivity index (χ1v) is 3.69. The van der Waals surface area contributed by atoms with Crippen LogP contribution in [0, 0.1) is 0 Å². The molecule has 0 aromatic carbocycles. The van der Waals surface area contributed by atoms with Crippen molar-refractivity contribution in [3.05, 3.63) is 0 Å². The van der Waals surface area contributed by atoms with Crippen LogP contribution in [0.4, 0.5) is 0 Å². The van der Waals surface area contributed by atoms with E-state index in [2.05, 4.69) is 0 Å². The van der Waals surface area contributed by atoms with Crippen molar-refractivity contribution in [3.63, 3.8) is 0 Å². The quantitative estimate of drug-likeness (QED) is 0.307. The maximum atomic E-state index is 11.1. The van der Waals surface area contributed by atoms with Gasteiger partial charge in [0.05, 0.1) is 6.54 Å². The van der Waals surface area contributed by atoms with Crippen LogP contribution in [-0.2, 0) is 14.4 Å². The van der Waals surface area contributed by atoms with Crippen LogP contribution in [-0.4, -0.2) is 47.3 Å². The number of rotatable bonds is 1. The Balaban J connectivity index is 2.93. The van der Waals surface area contributed by atoms with E-state index >= 15 is 0 Å². The fourth-order valence-corrected chi connectivity index (χ4v) is 1.07. The van der Waals surface area contributed by atoms with Crippen molar-refractivity contribution >= 4 is 30.0 Å². The highest BCUT2D eigenvalue weighted by Crippen LogP contribution is 2.15. The molecule has 12 heavy (non-hydrogen) atoms. The molecule has 0 spiro atoms. The highest BCUT2D eigenvalue weighted by molar-refractivity contribution is 6.38. The van der Waals surface area contributed by atoms with Gasteiger partial charge in [-0.1, -0.05) is 4.00 Å². The Labute approximate surface area is 74.2 Å². The van der Waals surface area contributed by atoms with E-state index in [-0.39, 0.29) is 13.0 Å². The standard InChI is InChI=1S/C6H8ClN2O3/c1-8-2-3-9(7,4-10)6(12)5(8)11/h4H,2-3H2,1H3/q+1. The molecule has 0 saturated carbocycles. The first-order valence-electron chi connectivity index (χ1n) is 3.35. The number of nitrogens with zero attached hydrogens (tertiary/aromatic N) is 2. The molecule has 0 aliphatic carbocycles. The summed E-state index contributed by atoms with van der Waals surface area (Å²) in [5.74, 6) is -1.61. The topological polar surface area (TPSA) is 54.5 Å². The molecule has 3 amide bonds. The number of hydrogen-bond donors (Lipinski definition) is 0. The van der Waals surface area contributed by atoms with E-state index in [1.165, 1.54) is 11.9 Å². The molecule has 1 rings (SSSR count). The van der Waals surface area contributed by atoms with E-state index in [0.717, 1.165) is 0 Å². The Bertz CT molecular complexity index is 255. The van der Waals surface area contributed by atoms with Crippen LogP contribution in [0.5, 0.6) is 0 Å². The molecule has 6 heteroatoms. The monoisotopic (exact) mass is 191 g/mol. The molecule has 1 atom stereocenters. The third-order valence-electron chi connectivity index (χ3n) is 1.80. The smallest absolute Gasteiger partial charge is 0.328 e. The lowest BCUT2D eigenvalue weighted by Crippen LogP contribution is -2.59. The van der Waals surface area contributed by atoms with Crippen LogP contribution < -0.4 is 0 Å². The number of piperazine rings is 1. The molecule has 5 nitrogen and oxygen atoms in total. The fraction of sp³-hybridized carbons (Fsp3) is 0.500. The summed E-state index contributed by atoms with van der Waals surface area (Å²) in [6.45, 7) is 0.443. The highest BCUT2D eigenvalue weighted by atomic mass is 35.5. The lowest BCUT2D eigenvalue weighted by atomic mass is 10.3. The molecule has 1 heterocycles. The van der Waals surface area contributed by atoms with Gasteiger partial charge in [-0.2, -0.15) is 0 Å². The molecule has 0 bridgehead atoms. The van der Waals surface area contributed by atoms with Crippen LogP contribution in [0.25, 0.3) is 0 Å². The van der Waals surface area contributed by atoms with Gasteiger partial charge in [0.1, 0.15) is 6.54 Å². The Morgan fingerprint density at radius 3 is 2.67 bits per heavy atom. The zero-order chi connectivity index (χ0) is 9.35. The molecular formula is C6H8ClN2O3+. The molecule has 1 aliphatic heterocycles. The van der Waals surface area contributed by atoms with Crippen molar-refractivity contribution in [2.45, 2.75) is 0 Å². The predicted molar refractivity (Wildman–Crippen MR) is 39.7 cm³/mol. The van der Waals surface area contributed by atoms with Gasteiger partial charge < -0.3 is 4.90 Å². The van der Waals surface area contributed by atoms with Gasteiger partial charge in [0.2, 0.25) is 0 Å². The number of likely N-dealkylation sites (N-methyl/N-ethyl adjacent to an activating group) is 1. The summed E-state index contributed by atoms with van der Waals surface area (Å²) in [7, 11) is 1.49. The molecule has 0 N–H and O–H groups in total. The number of hydrogen-bond acceptors (Lipinski definition) is 3. The van der Waals surface area contributed by atoms with E-state index < -0.39 is 15.8 Å². The SMILES string of the molecule is CN1CC[N+](Cl)(C=O)C(=O)C1=O. The minimum Gasteiger partial charge on any atom is -0.328 e. The van der Waals surface area contributed by atoms with Crippen molar-refractivity contribution in [2.75, 3.05) is 20.1 Å². The molecule has 0 radical (unpaired) electrons. The van der Waals surface area contributed by atoms with Gasteiger partial charge in [-0.25, -0.2) is 9.59 Å². The predicted octanol–water partition coefficient (Wildman–Crippen LogP) is -0.888. The van der Waals surface area contributed by atoms with Crippen molar-refractivity contribution in [1.29, 1.82) is 0 Å².